The Morgan fingerprint density at radius 2 is 1.58 bits per heavy atom. The maximum atomic E-state index is 12.7. The second-order valence-corrected chi connectivity index (χ2v) is 3.66. The molecule has 0 saturated heterocycles. The fraction of sp³-hybridized carbons (Fsp3) is 0.273. The molecule has 1 rings (SSSR count). The molecule has 1 aromatic rings. The van der Waals surface area contributed by atoms with Gasteiger partial charge in [-0.25, -0.2) is 0 Å². The second kappa shape index (κ2) is 4.67. The Hall–Kier alpha value is -1.86. The molecule has 0 radical (unpaired) electrons. The molecule has 0 aliphatic carbocycles. The van der Waals surface area contributed by atoms with Gasteiger partial charge in [-0.3, -0.25) is 9.59 Å². The molecule has 0 aromatic heterocycles. The van der Waals surface area contributed by atoms with Crippen molar-refractivity contribution < 1.29 is 35.9 Å². The Bertz CT molecular complexity index is 527. The molecule has 1 aromatic carbocycles. The van der Waals surface area contributed by atoms with Crippen LogP contribution < -0.4 is 0 Å². The van der Waals surface area contributed by atoms with E-state index in [9.17, 15) is 35.9 Å². The van der Waals surface area contributed by atoms with E-state index < -0.39 is 40.4 Å². The van der Waals surface area contributed by atoms with Crippen molar-refractivity contribution in [3.8, 4) is 0 Å². The van der Waals surface area contributed by atoms with Crippen molar-refractivity contribution in [2.24, 2.45) is 0 Å². The first kappa shape index (κ1) is 15.2. The van der Waals surface area contributed by atoms with Crippen LogP contribution in [0.1, 0.15) is 38.8 Å². The summed E-state index contributed by atoms with van der Waals surface area (Å²) >= 11 is 0. The van der Waals surface area contributed by atoms with E-state index in [2.05, 4.69) is 0 Å². The van der Waals surface area contributed by atoms with E-state index in [4.69, 9.17) is 0 Å². The van der Waals surface area contributed by atoms with Crippen LogP contribution in [0.2, 0.25) is 0 Å². The van der Waals surface area contributed by atoms with Crippen molar-refractivity contribution in [1.82, 2.24) is 0 Å². The van der Waals surface area contributed by atoms with E-state index in [1.807, 2.05) is 0 Å². The highest BCUT2D eigenvalue weighted by Gasteiger charge is 2.40. The second-order valence-electron chi connectivity index (χ2n) is 3.66. The zero-order chi connectivity index (χ0) is 15.0. The van der Waals surface area contributed by atoms with Crippen molar-refractivity contribution in [3.05, 3.63) is 34.4 Å². The van der Waals surface area contributed by atoms with Crippen molar-refractivity contribution >= 4 is 12.1 Å². The molecule has 8 heteroatoms. The smallest absolute Gasteiger partial charge is 0.298 e. The van der Waals surface area contributed by atoms with Crippen LogP contribution in [0, 0.1) is 0 Å². The summed E-state index contributed by atoms with van der Waals surface area (Å²) in [6.07, 6.45) is -10.4. The van der Waals surface area contributed by atoms with Gasteiger partial charge in [0.1, 0.15) is 0 Å². The van der Waals surface area contributed by atoms with Gasteiger partial charge in [0.15, 0.2) is 12.1 Å². The maximum absolute atomic E-state index is 12.7. The van der Waals surface area contributed by atoms with Crippen molar-refractivity contribution in [1.29, 1.82) is 0 Å². The SMILES string of the molecule is CC(=O)c1cc(C(F)(F)F)cc(C=O)c1C(F)(F)F. The van der Waals surface area contributed by atoms with E-state index in [1.54, 1.807) is 0 Å². The lowest BCUT2D eigenvalue weighted by Gasteiger charge is -2.16. The molecule has 0 unspecified atom stereocenters. The Balaban J connectivity index is 3.74. The number of halogens is 6. The van der Waals surface area contributed by atoms with Gasteiger partial charge in [0.25, 0.3) is 0 Å². The highest BCUT2D eigenvalue weighted by Crippen LogP contribution is 2.38. The molecule has 0 spiro atoms. The quantitative estimate of drug-likeness (QED) is 0.471. The summed E-state index contributed by atoms with van der Waals surface area (Å²) in [6.45, 7) is 0.694. The van der Waals surface area contributed by atoms with Crippen molar-refractivity contribution in [2.75, 3.05) is 0 Å². The number of ketones is 1. The normalized spacial score (nSPS) is 12.4. The minimum absolute atomic E-state index is 0.0717. The monoisotopic (exact) mass is 284 g/mol. The minimum atomic E-state index is -5.10. The minimum Gasteiger partial charge on any atom is -0.298 e. The number of Topliss-reactive ketones (excluding diaryl/α,β-unsaturated/α-hetero) is 1. The fourth-order valence-electron chi connectivity index (χ4n) is 1.52. The molecule has 19 heavy (non-hydrogen) atoms. The van der Waals surface area contributed by atoms with Gasteiger partial charge in [-0.05, 0) is 19.1 Å². The van der Waals surface area contributed by atoms with E-state index in [1.165, 1.54) is 0 Å². The van der Waals surface area contributed by atoms with Crippen molar-refractivity contribution in [2.45, 2.75) is 19.3 Å². The topological polar surface area (TPSA) is 34.1 Å². The number of hydrogen-bond acceptors (Lipinski definition) is 2. The van der Waals surface area contributed by atoms with E-state index in [0.29, 0.717) is 6.92 Å². The Morgan fingerprint density at radius 3 is 1.89 bits per heavy atom. The molecule has 0 saturated carbocycles. The molecule has 0 N–H and O–H groups in total. The molecule has 0 aliphatic rings. The van der Waals surface area contributed by atoms with Gasteiger partial charge >= 0.3 is 12.4 Å². The Morgan fingerprint density at radius 1 is 1.05 bits per heavy atom. The predicted molar refractivity (Wildman–Crippen MR) is 51.8 cm³/mol. The molecule has 0 atom stereocenters. The molecular weight excluding hydrogens is 278 g/mol. The van der Waals surface area contributed by atoms with Gasteiger partial charge in [0.05, 0.1) is 11.1 Å². The maximum Gasteiger partial charge on any atom is 0.417 e. The van der Waals surface area contributed by atoms with Crippen LogP contribution in [0.4, 0.5) is 26.3 Å². The first-order valence-corrected chi connectivity index (χ1v) is 4.77. The third-order valence-electron chi connectivity index (χ3n) is 2.29. The Labute approximate surface area is 103 Å². The highest BCUT2D eigenvalue weighted by atomic mass is 19.4. The predicted octanol–water partition coefficient (Wildman–Crippen LogP) is 3.74. The van der Waals surface area contributed by atoms with Crippen LogP contribution in [0.15, 0.2) is 12.1 Å². The number of alkyl halides is 6. The number of aldehydes is 1. The lowest BCUT2D eigenvalue weighted by Crippen LogP contribution is -2.18. The van der Waals surface area contributed by atoms with Crippen LogP contribution in [-0.4, -0.2) is 12.1 Å². The van der Waals surface area contributed by atoms with Gasteiger partial charge in [0, 0.05) is 11.1 Å². The van der Waals surface area contributed by atoms with E-state index in [-0.39, 0.29) is 18.4 Å². The summed E-state index contributed by atoms with van der Waals surface area (Å²) in [7, 11) is 0. The standard InChI is InChI=1S/C11H6F6O2/c1-5(19)8-3-7(10(12,13)14)2-6(4-18)9(8)11(15,16)17/h2-4H,1H3. The summed E-state index contributed by atoms with van der Waals surface area (Å²) in [5, 5.41) is 0. The largest absolute Gasteiger partial charge is 0.417 e. The lowest BCUT2D eigenvalue weighted by atomic mass is 9.95. The fourth-order valence-corrected chi connectivity index (χ4v) is 1.52. The van der Waals surface area contributed by atoms with Gasteiger partial charge in [-0.1, -0.05) is 0 Å². The number of hydrogen-bond donors (Lipinski definition) is 0. The third kappa shape index (κ3) is 3.12. The van der Waals surface area contributed by atoms with Gasteiger partial charge in [0.2, 0.25) is 0 Å². The first-order chi connectivity index (χ1) is 8.48. The summed E-state index contributed by atoms with van der Waals surface area (Å²) < 4.78 is 75.5. The van der Waals surface area contributed by atoms with Crippen LogP contribution in [-0.2, 0) is 12.4 Å². The first-order valence-electron chi connectivity index (χ1n) is 4.77. The average molecular weight is 284 g/mol. The number of benzene rings is 1. The molecular formula is C11H6F6O2. The molecule has 2 nitrogen and oxygen atoms in total. The molecule has 0 bridgehead atoms. The number of carbonyl (C=O) groups is 2. The lowest BCUT2D eigenvalue weighted by molar-refractivity contribution is -0.141. The molecule has 0 heterocycles. The van der Waals surface area contributed by atoms with Gasteiger partial charge < -0.3 is 0 Å². The van der Waals surface area contributed by atoms with Crippen LogP contribution >= 0.6 is 0 Å². The Kier molecular flexibility index (Phi) is 3.74. The molecule has 0 aliphatic heterocycles. The zero-order valence-corrected chi connectivity index (χ0v) is 9.32. The average Bonchev–Trinajstić information content (AvgIpc) is 2.24. The van der Waals surface area contributed by atoms with Crippen LogP contribution in [0.3, 0.4) is 0 Å². The van der Waals surface area contributed by atoms with Crippen LogP contribution in [0.5, 0.6) is 0 Å². The van der Waals surface area contributed by atoms with Gasteiger partial charge in [-0.15, -0.1) is 0 Å². The highest BCUT2D eigenvalue weighted by molar-refractivity contribution is 5.98. The molecule has 104 valence electrons. The number of rotatable bonds is 2. The summed E-state index contributed by atoms with van der Waals surface area (Å²) in [6, 6.07) is 0.167. The summed E-state index contributed by atoms with van der Waals surface area (Å²) in [5.41, 5.74) is -5.52. The van der Waals surface area contributed by atoms with Crippen LogP contribution in [0.25, 0.3) is 0 Å². The summed E-state index contributed by atoms with van der Waals surface area (Å²) in [4.78, 5) is 21.6. The summed E-state index contributed by atoms with van der Waals surface area (Å²) in [5.74, 6) is -1.21. The van der Waals surface area contributed by atoms with E-state index in [0.717, 1.165) is 0 Å². The van der Waals surface area contributed by atoms with E-state index >= 15 is 0 Å². The number of carbonyl (C=O) groups excluding carboxylic acids is 2. The van der Waals surface area contributed by atoms with Crippen molar-refractivity contribution in [3.63, 3.8) is 0 Å². The molecule has 0 fully saturated rings. The van der Waals surface area contributed by atoms with Gasteiger partial charge in [-0.2, -0.15) is 26.3 Å². The molecule has 0 amide bonds. The third-order valence-corrected chi connectivity index (χ3v) is 2.29. The zero-order valence-electron chi connectivity index (χ0n) is 9.32.